The molecule has 0 aromatic heterocycles. The van der Waals surface area contributed by atoms with Crippen LogP contribution in [0.25, 0.3) is 0 Å². The van der Waals surface area contributed by atoms with Crippen molar-refractivity contribution >= 4 is 21.8 Å². The van der Waals surface area contributed by atoms with Crippen molar-refractivity contribution in [3.8, 4) is 17.2 Å². The van der Waals surface area contributed by atoms with Gasteiger partial charge in [-0.15, -0.1) is 0 Å². The van der Waals surface area contributed by atoms with E-state index in [0.717, 1.165) is 10.0 Å². The third-order valence-corrected chi connectivity index (χ3v) is 3.82. The van der Waals surface area contributed by atoms with Gasteiger partial charge in [0.25, 0.3) is 5.91 Å². The molecule has 2 aromatic rings. The van der Waals surface area contributed by atoms with Crippen LogP contribution in [0.1, 0.15) is 15.9 Å². The van der Waals surface area contributed by atoms with Gasteiger partial charge in [-0.2, -0.15) is 0 Å². The van der Waals surface area contributed by atoms with E-state index in [2.05, 4.69) is 15.9 Å². The maximum absolute atomic E-state index is 11.3. The summed E-state index contributed by atoms with van der Waals surface area (Å²) >= 11 is 3.46. The van der Waals surface area contributed by atoms with Crippen LogP contribution < -0.4 is 19.9 Å². The summed E-state index contributed by atoms with van der Waals surface area (Å²) in [5, 5.41) is 0. The molecule has 2 aromatic carbocycles. The molecule has 0 saturated carbocycles. The van der Waals surface area contributed by atoms with Crippen LogP contribution in [0.5, 0.6) is 17.2 Å². The minimum absolute atomic E-state index is 0.219. The van der Waals surface area contributed by atoms with Crippen LogP contribution in [0.4, 0.5) is 0 Å². The molecule has 108 valence electrons. The zero-order valence-electron chi connectivity index (χ0n) is 11.0. The smallest absolute Gasteiger partial charge is 0.252 e. The number of amides is 1. The van der Waals surface area contributed by atoms with E-state index in [1.54, 1.807) is 24.3 Å². The predicted molar refractivity (Wildman–Crippen MR) is 79.6 cm³/mol. The number of hydrogen-bond acceptors (Lipinski definition) is 4. The number of para-hydroxylation sites is 1. The Morgan fingerprint density at radius 3 is 2.71 bits per heavy atom. The molecule has 5 nitrogen and oxygen atoms in total. The maximum Gasteiger partial charge on any atom is 0.252 e. The van der Waals surface area contributed by atoms with Crippen LogP contribution in [0.3, 0.4) is 0 Å². The third kappa shape index (κ3) is 2.80. The second-order valence-corrected chi connectivity index (χ2v) is 5.30. The van der Waals surface area contributed by atoms with E-state index in [1.807, 2.05) is 12.1 Å². The Kier molecular flexibility index (Phi) is 3.70. The summed E-state index contributed by atoms with van der Waals surface area (Å²) in [5.41, 5.74) is 6.57. The Morgan fingerprint density at radius 2 is 1.95 bits per heavy atom. The van der Waals surface area contributed by atoms with Gasteiger partial charge < -0.3 is 19.9 Å². The Labute approximate surface area is 129 Å². The van der Waals surface area contributed by atoms with E-state index < -0.39 is 5.91 Å². The first-order valence-corrected chi connectivity index (χ1v) is 7.04. The molecule has 0 saturated heterocycles. The molecule has 0 aliphatic carbocycles. The molecular formula is C15H12BrNO4. The second kappa shape index (κ2) is 5.65. The van der Waals surface area contributed by atoms with Crippen LogP contribution in [-0.2, 0) is 6.61 Å². The monoisotopic (exact) mass is 349 g/mol. The second-order valence-electron chi connectivity index (χ2n) is 4.45. The van der Waals surface area contributed by atoms with Gasteiger partial charge in [0.15, 0.2) is 11.5 Å². The topological polar surface area (TPSA) is 70.8 Å². The summed E-state index contributed by atoms with van der Waals surface area (Å²) in [6.07, 6.45) is 0. The van der Waals surface area contributed by atoms with Crippen molar-refractivity contribution in [2.45, 2.75) is 6.61 Å². The number of primary amides is 1. The Morgan fingerprint density at radius 1 is 1.24 bits per heavy atom. The Bertz CT molecular complexity index is 702. The average molecular weight is 350 g/mol. The molecule has 0 spiro atoms. The Balaban J connectivity index is 1.81. The van der Waals surface area contributed by atoms with Gasteiger partial charge >= 0.3 is 0 Å². The van der Waals surface area contributed by atoms with Crippen molar-refractivity contribution < 1.29 is 19.0 Å². The molecule has 3 rings (SSSR count). The first-order valence-electron chi connectivity index (χ1n) is 6.25. The van der Waals surface area contributed by atoms with Crippen LogP contribution in [0.2, 0.25) is 0 Å². The quantitative estimate of drug-likeness (QED) is 0.921. The van der Waals surface area contributed by atoms with E-state index in [-0.39, 0.29) is 13.4 Å². The average Bonchev–Trinajstić information content (AvgIpc) is 2.92. The number of halogens is 1. The lowest BCUT2D eigenvalue weighted by atomic mass is 10.2. The van der Waals surface area contributed by atoms with E-state index in [4.69, 9.17) is 19.9 Å². The number of carbonyl (C=O) groups is 1. The van der Waals surface area contributed by atoms with E-state index >= 15 is 0 Å². The lowest BCUT2D eigenvalue weighted by Gasteiger charge is -2.11. The molecule has 2 N–H and O–H groups in total. The third-order valence-electron chi connectivity index (χ3n) is 3.08. The fourth-order valence-electron chi connectivity index (χ4n) is 2.02. The fourth-order valence-corrected chi connectivity index (χ4v) is 2.46. The van der Waals surface area contributed by atoms with Gasteiger partial charge in [0.1, 0.15) is 12.4 Å². The van der Waals surface area contributed by atoms with E-state index in [9.17, 15) is 4.79 Å². The molecule has 1 amide bonds. The highest BCUT2D eigenvalue weighted by Gasteiger charge is 2.17. The maximum atomic E-state index is 11.3. The summed E-state index contributed by atoms with van der Waals surface area (Å²) < 4.78 is 17.2. The van der Waals surface area contributed by atoms with Gasteiger partial charge in [0, 0.05) is 10.0 Å². The van der Waals surface area contributed by atoms with E-state index in [1.165, 1.54) is 0 Å². The van der Waals surface area contributed by atoms with Crippen LogP contribution in [0, 0.1) is 0 Å². The highest BCUT2D eigenvalue weighted by atomic mass is 79.9. The summed E-state index contributed by atoms with van der Waals surface area (Å²) in [5.74, 6) is 1.31. The summed E-state index contributed by atoms with van der Waals surface area (Å²) in [6, 6.07) is 10.5. The molecule has 1 aliphatic rings. The number of hydrogen-bond donors (Lipinski definition) is 1. The lowest BCUT2D eigenvalue weighted by Crippen LogP contribution is -2.13. The summed E-state index contributed by atoms with van der Waals surface area (Å²) in [6.45, 7) is 0.498. The van der Waals surface area contributed by atoms with Gasteiger partial charge in [-0.25, -0.2) is 0 Å². The van der Waals surface area contributed by atoms with E-state index in [0.29, 0.717) is 22.8 Å². The van der Waals surface area contributed by atoms with Gasteiger partial charge in [-0.3, -0.25) is 4.79 Å². The van der Waals surface area contributed by atoms with Gasteiger partial charge in [-0.05, 0) is 24.3 Å². The number of benzene rings is 2. The van der Waals surface area contributed by atoms with Crippen molar-refractivity contribution in [2.75, 3.05) is 6.79 Å². The fraction of sp³-hybridized carbons (Fsp3) is 0.133. The summed E-state index contributed by atoms with van der Waals surface area (Å²) in [4.78, 5) is 11.3. The highest BCUT2D eigenvalue weighted by molar-refractivity contribution is 9.10. The molecule has 6 heteroatoms. The standard InChI is InChI=1S/C15H12BrNO4/c16-11-6-14-13(20-8-21-14)5-9(11)7-19-12-4-2-1-3-10(12)15(17)18/h1-6H,7-8H2,(H2,17,18). The van der Waals surface area contributed by atoms with Crippen molar-refractivity contribution in [1.82, 2.24) is 0 Å². The first-order chi connectivity index (χ1) is 10.1. The van der Waals surface area contributed by atoms with Crippen molar-refractivity contribution in [3.05, 3.63) is 52.0 Å². The predicted octanol–water partition coefficient (Wildman–Crippen LogP) is 2.86. The number of nitrogens with two attached hydrogens (primary N) is 1. The number of carbonyl (C=O) groups excluding carboxylic acids is 1. The minimum atomic E-state index is -0.518. The number of rotatable bonds is 4. The van der Waals surface area contributed by atoms with Gasteiger partial charge in [-0.1, -0.05) is 28.1 Å². The summed E-state index contributed by atoms with van der Waals surface area (Å²) in [7, 11) is 0. The molecule has 0 radical (unpaired) electrons. The zero-order valence-corrected chi connectivity index (χ0v) is 12.6. The first kappa shape index (κ1) is 13.8. The molecule has 0 fully saturated rings. The van der Waals surface area contributed by atoms with Crippen LogP contribution in [-0.4, -0.2) is 12.7 Å². The molecule has 0 atom stereocenters. The SMILES string of the molecule is NC(=O)c1ccccc1OCc1cc2c(cc1Br)OCO2. The number of ether oxygens (including phenoxy) is 3. The van der Waals surface area contributed by atoms with Crippen molar-refractivity contribution in [3.63, 3.8) is 0 Å². The normalized spacial score (nSPS) is 12.2. The van der Waals surface area contributed by atoms with Crippen molar-refractivity contribution in [1.29, 1.82) is 0 Å². The van der Waals surface area contributed by atoms with Crippen LogP contribution in [0.15, 0.2) is 40.9 Å². The van der Waals surface area contributed by atoms with Crippen molar-refractivity contribution in [2.24, 2.45) is 5.73 Å². The number of fused-ring (bicyclic) bond motifs is 1. The molecule has 1 heterocycles. The lowest BCUT2D eigenvalue weighted by molar-refractivity contribution is 0.0996. The van der Waals surface area contributed by atoms with Gasteiger partial charge in [0.2, 0.25) is 6.79 Å². The molecule has 21 heavy (non-hydrogen) atoms. The van der Waals surface area contributed by atoms with Gasteiger partial charge in [0.05, 0.1) is 5.56 Å². The largest absolute Gasteiger partial charge is 0.488 e. The minimum Gasteiger partial charge on any atom is -0.488 e. The zero-order chi connectivity index (χ0) is 14.8. The molecule has 0 bridgehead atoms. The van der Waals surface area contributed by atoms with Crippen LogP contribution >= 0.6 is 15.9 Å². The molecule has 1 aliphatic heterocycles. The molecular weight excluding hydrogens is 338 g/mol. The highest BCUT2D eigenvalue weighted by Crippen LogP contribution is 2.37. The molecule has 0 unspecified atom stereocenters. The Hall–Kier alpha value is -2.21.